The summed E-state index contributed by atoms with van der Waals surface area (Å²) in [4.78, 5) is 13.1. The Labute approximate surface area is 174 Å². The molecule has 0 aliphatic carbocycles. The Morgan fingerprint density at radius 3 is 2.62 bits per heavy atom. The van der Waals surface area contributed by atoms with E-state index < -0.39 is 6.04 Å². The monoisotopic (exact) mass is 408 g/mol. The zero-order valence-corrected chi connectivity index (χ0v) is 16.7. The van der Waals surface area contributed by atoms with E-state index in [2.05, 4.69) is 10.6 Å². The topological polar surface area (TPSA) is 59.6 Å². The third-order valence-corrected chi connectivity index (χ3v) is 5.19. The molecule has 5 nitrogen and oxygen atoms in total. The molecule has 1 aliphatic heterocycles. The van der Waals surface area contributed by atoms with Gasteiger partial charge in [0, 0.05) is 17.3 Å². The highest BCUT2D eigenvalue weighted by Gasteiger charge is 2.21. The molecule has 3 aromatic rings. The number of ether oxygens (including phenoxy) is 2. The van der Waals surface area contributed by atoms with Gasteiger partial charge >= 0.3 is 0 Å². The van der Waals surface area contributed by atoms with Crippen LogP contribution in [0.2, 0.25) is 5.02 Å². The van der Waals surface area contributed by atoms with Crippen molar-refractivity contribution in [1.82, 2.24) is 5.32 Å². The average Bonchev–Trinajstić information content (AvgIpc) is 3.20. The molecule has 1 atom stereocenters. The lowest BCUT2D eigenvalue weighted by Crippen LogP contribution is -2.32. The number of hydrogen-bond donors (Lipinski definition) is 2. The first-order chi connectivity index (χ1) is 14.1. The van der Waals surface area contributed by atoms with Crippen molar-refractivity contribution in [3.05, 3.63) is 88.4 Å². The van der Waals surface area contributed by atoms with Gasteiger partial charge in [-0.05, 0) is 47.9 Å². The molecular formula is C23H21ClN2O3. The average molecular weight is 409 g/mol. The Morgan fingerprint density at radius 2 is 1.83 bits per heavy atom. The standard InChI is InChI=1S/C23H21ClN2O3/c1-15-7-9-18(12-19(15)24)26-23(27)22(17-5-3-2-4-6-17)25-13-16-8-10-20-21(11-16)29-14-28-20/h2-12,22,25H,13-14H2,1H3,(H,26,27)/t22-/m1/s1. The molecule has 1 heterocycles. The molecule has 2 N–H and O–H groups in total. The zero-order chi connectivity index (χ0) is 20.2. The molecule has 0 saturated heterocycles. The summed E-state index contributed by atoms with van der Waals surface area (Å²) in [6.07, 6.45) is 0. The Balaban J connectivity index is 1.51. The first-order valence-corrected chi connectivity index (χ1v) is 9.72. The minimum atomic E-state index is -0.526. The molecule has 0 bridgehead atoms. The minimum Gasteiger partial charge on any atom is -0.454 e. The summed E-state index contributed by atoms with van der Waals surface area (Å²) < 4.78 is 10.8. The van der Waals surface area contributed by atoms with Gasteiger partial charge in [-0.1, -0.05) is 54.1 Å². The molecule has 0 fully saturated rings. The number of benzene rings is 3. The molecule has 29 heavy (non-hydrogen) atoms. The van der Waals surface area contributed by atoms with Crippen LogP contribution in [0.15, 0.2) is 66.7 Å². The molecule has 0 aromatic heterocycles. The number of anilines is 1. The zero-order valence-electron chi connectivity index (χ0n) is 15.9. The van der Waals surface area contributed by atoms with Crippen LogP contribution in [-0.4, -0.2) is 12.7 Å². The van der Waals surface area contributed by atoms with Crippen LogP contribution in [0.5, 0.6) is 11.5 Å². The number of carbonyl (C=O) groups excluding carboxylic acids is 1. The van der Waals surface area contributed by atoms with E-state index >= 15 is 0 Å². The summed E-state index contributed by atoms with van der Waals surface area (Å²) >= 11 is 6.19. The fraction of sp³-hybridized carbons (Fsp3) is 0.174. The smallest absolute Gasteiger partial charge is 0.246 e. The molecular weight excluding hydrogens is 388 g/mol. The van der Waals surface area contributed by atoms with Gasteiger partial charge in [-0.15, -0.1) is 0 Å². The van der Waals surface area contributed by atoms with E-state index in [9.17, 15) is 4.79 Å². The maximum absolute atomic E-state index is 13.1. The molecule has 3 aromatic carbocycles. The third-order valence-electron chi connectivity index (χ3n) is 4.78. The van der Waals surface area contributed by atoms with Gasteiger partial charge in [0.2, 0.25) is 12.7 Å². The summed E-state index contributed by atoms with van der Waals surface area (Å²) in [6, 6.07) is 20.3. The van der Waals surface area contributed by atoms with Gasteiger partial charge in [0.1, 0.15) is 6.04 Å². The van der Waals surface area contributed by atoms with E-state index in [4.69, 9.17) is 21.1 Å². The maximum atomic E-state index is 13.1. The second kappa shape index (κ2) is 8.55. The van der Waals surface area contributed by atoms with Gasteiger partial charge in [0.05, 0.1) is 0 Å². The van der Waals surface area contributed by atoms with Gasteiger partial charge < -0.3 is 14.8 Å². The van der Waals surface area contributed by atoms with E-state index in [-0.39, 0.29) is 12.7 Å². The molecule has 0 unspecified atom stereocenters. The molecule has 0 radical (unpaired) electrons. The highest BCUT2D eigenvalue weighted by Crippen LogP contribution is 2.32. The lowest BCUT2D eigenvalue weighted by Gasteiger charge is -2.19. The molecule has 0 spiro atoms. The summed E-state index contributed by atoms with van der Waals surface area (Å²) in [5, 5.41) is 6.92. The van der Waals surface area contributed by atoms with Crippen LogP contribution < -0.4 is 20.1 Å². The maximum Gasteiger partial charge on any atom is 0.246 e. The Hall–Kier alpha value is -3.02. The number of nitrogens with one attached hydrogen (secondary N) is 2. The Kier molecular flexibility index (Phi) is 5.69. The van der Waals surface area contributed by atoms with Crippen molar-refractivity contribution in [3.8, 4) is 11.5 Å². The van der Waals surface area contributed by atoms with Crippen molar-refractivity contribution in [2.45, 2.75) is 19.5 Å². The van der Waals surface area contributed by atoms with Crippen molar-refractivity contribution in [2.24, 2.45) is 0 Å². The molecule has 1 aliphatic rings. The van der Waals surface area contributed by atoms with Crippen LogP contribution in [0.25, 0.3) is 0 Å². The van der Waals surface area contributed by atoms with Crippen LogP contribution in [0.4, 0.5) is 5.69 Å². The predicted molar refractivity (Wildman–Crippen MR) is 113 cm³/mol. The lowest BCUT2D eigenvalue weighted by molar-refractivity contribution is -0.118. The Morgan fingerprint density at radius 1 is 1.03 bits per heavy atom. The van der Waals surface area contributed by atoms with E-state index in [1.807, 2.05) is 67.6 Å². The van der Waals surface area contributed by atoms with Crippen molar-refractivity contribution < 1.29 is 14.3 Å². The molecule has 148 valence electrons. The summed E-state index contributed by atoms with van der Waals surface area (Å²) in [5.41, 5.74) is 3.51. The van der Waals surface area contributed by atoms with Crippen molar-refractivity contribution >= 4 is 23.2 Å². The normalized spacial score (nSPS) is 13.2. The Bertz CT molecular complexity index is 1020. The van der Waals surface area contributed by atoms with Gasteiger partial charge in [-0.2, -0.15) is 0 Å². The van der Waals surface area contributed by atoms with Gasteiger partial charge in [0.25, 0.3) is 0 Å². The molecule has 4 rings (SSSR count). The van der Waals surface area contributed by atoms with Gasteiger partial charge in [-0.3, -0.25) is 10.1 Å². The fourth-order valence-electron chi connectivity index (χ4n) is 3.16. The van der Waals surface area contributed by atoms with Crippen LogP contribution in [0.3, 0.4) is 0 Å². The number of aryl methyl sites for hydroxylation is 1. The van der Waals surface area contributed by atoms with Crippen LogP contribution >= 0.6 is 11.6 Å². The number of fused-ring (bicyclic) bond motifs is 1. The van der Waals surface area contributed by atoms with Gasteiger partial charge in [-0.25, -0.2) is 0 Å². The predicted octanol–water partition coefficient (Wildman–Crippen LogP) is 4.85. The van der Waals surface area contributed by atoms with Crippen molar-refractivity contribution in [3.63, 3.8) is 0 Å². The summed E-state index contributed by atoms with van der Waals surface area (Å²) in [6.45, 7) is 2.66. The number of hydrogen-bond acceptors (Lipinski definition) is 4. The highest BCUT2D eigenvalue weighted by molar-refractivity contribution is 6.31. The second-order valence-electron chi connectivity index (χ2n) is 6.87. The molecule has 0 saturated carbocycles. The number of halogens is 1. The quantitative estimate of drug-likeness (QED) is 0.612. The SMILES string of the molecule is Cc1ccc(NC(=O)[C@H](NCc2ccc3c(c2)OCO3)c2ccccc2)cc1Cl. The first-order valence-electron chi connectivity index (χ1n) is 9.34. The largest absolute Gasteiger partial charge is 0.454 e. The number of carbonyl (C=O) groups is 1. The van der Waals surface area contributed by atoms with E-state index in [0.29, 0.717) is 17.3 Å². The lowest BCUT2D eigenvalue weighted by atomic mass is 10.1. The minimum absolute atomic E-state index is 0.156. The summed E-state index contributed by atoms with van der Waals surface area (Å²) in [7, 11) is 0. The van der Waals surface area contributed by atoms with Crippen LogP contribution in [-0.2, 0) is 11.3 Å². The fourth-order valence-corrected chi connectivity index (χ4v) is 3.34. The van der Waals surface area contributed by atoms with E-state index in [0.717, 1.165) is 28.2 Å². The van der Waals surface area contributed by atoms with Crippen molar-refractivity contribution in [2.75, 3.05) is 12.1 Å². The summed E-state index contributed by atoms with van der Waals surface area (Å²) in [5.74, 6) is 1.30. The molecule has 1 amide bonds. The van der Waals surface area contributed by atoms with Crippen LogP contribution in [0.1, 0.15) is 22.7 Å². The molecule has 6 heteroatoms. The second-order valence-corrected chi connectivity index (χ2v) is 7.27. The highest BCUT2D eigenvalue weighted by atomic mass is 35.5. The first kappa shape index (κ1) is 19.3. The number of rotatable bonds is 6. The third kappa shape index (κ3) is 4.53. The van der Waals surface area contributed by atoms with Crippen LogP contribution in [0, 0.1) is 6.92 Å². The van der Waals surface area contributed by atoms with E-state index in [1.165, 1.54) is 0 Å². The van der Waals surface area contributed by atoms with Crippen molar-refractivity contribution in [1.29, 1.82) is 0 Å². The van der Waals surface area contributed by atoms with E-state index in [1.54, 1.807) is 6.07 Å². The number of amides is 1. The van der Waals surface area contributed by atoms with Gasteiger partial charge in [0.15, 0.2) is 11.5 Å².